The molecule has 2 bridgehead atoms. The van der Waals surface area contributed by atoms with E-state index in [1.54, 1.807) is 23.0 Å². The van der Waals surface area contributed by atoms with Crippen LogP contribution < -0.4 is 4.74 Å². The van der Waals surface area contributed by atoms with Crippen molar-refractivity contribution in [2.45, 2.75) is 39.7 Å². The summed E-state index contributed by atoms with van der Waals surface area (Å²) < 4.78 is 9.89. The maximum absolute atomic E-state index is 13.8. The SMILES string of the molecule is Cc1ncnc(C)c1C(=O)N1CCCCN(C(=O)c2cc(Cl)cn2C)CCCOc2cccc(c2)-c2nccn2CC1. The van der Waals surface area contributed by atoms with E-state index in [0.717, 1.165) is 30.0 Å². The lowest BCUT2D eigenvalue weighted by molar-refractivity contribution is 0.0707. The molecule has 220 valence electrons. The Kier molecular flexibility index (Phi) is 9.22. The van der Waals surface area contributed by atoms with Gasteiger partial charge in [0.1, 0.15) is 23.6 Å². The Balaban J connectivity index is 1.42. The van der Waals surface area contributed by atoms with E-state index >= 15 is 0 Å². The fraction of sp³-hybridized carbons (Fsp3) is 0.387. The highest BCUT2D eigenvalue weighted by Crippen LogP contribution is 2.24. The van der Waals surface area contributed by atoms with E-state index in [9.17, 15) is 9.59 Å². The first kappa shape index (κ1) is 29.3. The molecule has 0 saturated heterocycles. The Hall–Kier alpha value is -4.18. The Morgan fingerprint density at radius 2 is 1.60 bits per heavy atom. The standard InChI is InChI=1S/C31H36ClN7O3/c1-22-28(23(2)35-21-34-22)31(41)39-12-5-4-11-38(30(40)27-19-25(32)20-36(27)3)13-7-17-42-26-9-6-8-24(18-26)29-33-10-14-37(29)15-16-39/h6,8-10,14,18-21H,4-5,7,11-13,15-17H2,1-3H3. The van der Waals surface area contributed by atoms with Gasteiger partial charge >= 0.3 is 0 Å². The number of hydrogen-bond acceptors (Lipinski definition) is 6. The number of nitrogens with zero attached hydrogens (tertiary/aromatic N) is 7. The molecule has 4 aromatic rings. The molecular weight excluding hydrogens is 554 g/mol. The third-order valence-corrected chi connectivity index (χ3v) is 7.78. The third-order valence-electron chi connectivity index (χ3n) is 7.57. The second-order valence-electron chi connectivity index (χ2n) is 10.5. The summed E-state index contributed by atoms with van der Waals surface area (Å²) >= 11 is 6.18. The van der Waals surface area contributed by atoms with Crippen LogP contribution in [0.4, 0.5) is 0 Å². The van der Waals surface area contributed by atoms with Crippen LogP contribution in [0.2, 0.25) is 5.02 Å². The lowest BCUT2D eigenvalue weighted by Crippen LogP contribution is -2.37. The number of carbonyl (C=O) groups is 2. The number of amides is 2. The number of imidazole rings is 1. The van der Waals surface area contributed by atoms with Crippen LogP contribution >= 0.6 is 11.6 Å². The Labute approximate surface area is 250 Å². The van der Waals surface area contributed by atoms with Gasteiger partial charge < -0.3 is 23.7 Å². The zero-order valence-electron chi connectivity index (χ0n) is 24.3. The van der Waals surface area contributed by atoms with Crippen LogP contribution in [0.1, 0.15) is 51.5 Å². The molecule has 0 N–H and O–H groups in total. The molecule has 0 spiro atoms. The molecule has 0 fully saturated rings. The molecule has 0 unspecified atom stereocenters. The minimum absolute atomic E-state index is 0.0737. The van der Waals surface area contributed by atoms with Crippen LogP contribution in [0.15, 0.2) is 55.2 Å². The van der Waals surface area contributed by atoms with E-state index in [1.807, 2.05) is 61.2 Å². The smallest absolute Gasteiger partial charge is 0.270 e. The number of ether oxygens (including phenoxy) is 1. The number of halogens is 1. The van der Waals surface area contributed by atoms with Gasteiger partial charge in [0.25, 0.3) is 11.8 Å². The summed E-state index contributed by atoms with van der Waals surface area (Å²) in [6.07, 6.45) is 9.05. The summed E-state index contributed by atoms with van der Waals surface area (Å²) in [6, 6.07) is 9.55. The summed E-state index contributed by atoms with van der Waals surface area (Å²) in [7, 11) is 1.82. The Morgan fingerprint density at radius 1 is 0.881 bits per heavy atom. The molecule has 0 aliphatic carbocycles. The number of aryl methyl sites for hydroxylation is 3. The Bertz CT molecular complexity index is 1540. The van der Waals surface area contributed by atoms with Gasteiger partial charge in [-0.1, -0.05) is 23.7 Å². The number of hydrogen-bond donors (Lipinski definition) is 0. The number of aromatic nitrogens is 5. The van der Waals surface area contributed by atoms with Gasteiger partial charge in [0.15, 0.2) is 0 Å². The molecule has 0 saturated carbocycles. The van der Waals surface area contributed by atoms with E-state index in [2.05, 4.69) is 19.5 Å². The summed E-state index contributed by atoms with van der Waals surface area (Å²) in [4.78, 5) is 44.2. The van der Waals surface area contributed by atoms with Crippen molar-refractivity contribution < 1.29 is 14.3 Å². The molecule has 4 heterocycles. The fourth-order valence-corrected chi connectivity index (χ4v) is 5.59. The molecule has 1 aromatic carbocycles. The van der Waals surface area contributed by atoms with Crippen molar-refractivity contribution in [3.8, 4) is 17.1 Å². The maximum Gasteiger partial charge on any atom is 0.270 e. The number of fused-ring (bicyclic) bond motifs is 4. The molecule has 2 amide bonds. The first-order valence-corrected chi connectivity index (χ1v) is 14.6. The summed E-state index contributed by atoms with van der Waals surface area (Å²) in [5.41, 5.74) is 3.33. The minimum atomic E-state index is -0.0908. The van der Waals surface area contributed by atoms with Crippen molar-refractivity contribution in [3.05, 3.63) is 82.9 Å². The average Bonchev–Trinajstić information content (AvgIpc) is 3.58. The summed E-state index contributed by atoms with van der Waals surface area (Å²) in [5.74, 6) is 1.39. The molecular formula is C31H36ClN7O3. The first-order valence-electron chi connectivity index (χ1n) is 14.2. The van der Waals surface area contributed by atoms with E-state index in [1.165, 1.54) is 6.33 Å². The molecule has 1 aliphatic heterocycles. The van der Waals surface area contributed by atoms with Crippen molar-refractivity contribution in [3.63, 3.8) is 0 Å². The molecule has 0 radical (unpaired) electrons. The molecule has 10 nitrogen and oxygen atoms in total. The lowest BCUT2D eigenvalue weighted by Gasteiger charge is -2.26. The predicted molar refractivity (Wildman–Crippen MR) is 161 cm³/mol. The highest BCUT2D eigenvalue weighted by Gasteiger charge is 2.23. The van der Waals surface area contributed by atoms with Crippen LogP contribution in [0.5, 0.6) is 5.75 Å². The van der Waals surface area contributed by atoms with Crippen LogP contribution in [-0.4, -0.2) is 78.5 Å². The van der Waals surface area contributed by atoms with Gasteiger partial charge in [0, 0.05) is 63.9 Å². The van der Waals surface area contributed by atoms with Gasteiger partial charge in [0.05, 0.1) is 28.6 Å². The number of carbonyl (C=O) groups excluding carboxylic acids is 2. The van der Waals surface area contributed by atoms with Gasteiger partial charge in [-0.15, -0.1) is 0 Å². The summed E-state index contributed by atoms with van der Waals surface area (Å²) in [6.45, 7) is 6.82. The number of benzene rings is 1. The van der Waals surface area contributed by atoms with Crippen molar-refractivity contribution in [1.29, 1.82) is 0 Å². The van der Waals surface area contributed by atoms with Gasteiger partial charge in [-0.05, 0) is 51.3 Å². The fourth-order valence-electron chi connectivity index (χ4n) is 5.34. The minimum Gasteiger partial charge on any atom is -0.494 e. The lowest BCUT2D eigenvalue weighted by atomic mass is 10.1. The topological polar surface area (TPSA) is 98.4 Å². The van der Waals surface area contributed by atoms with Gasteiger partial charge in [-0.25, -0.2) is 15.0 Å². The van der Waals surface area contributed by atoms with E-state index < -0.39 is 0 Å². The van der Waals surface area contributed by atoms with Crippen LogP contribution in [0.25, 0.3) is 11.4 Å². The molecule has 42 heavy (non-hydrogen) atoms. The van der Waals surface area contributed by atoms with Crippen molar-refractivity contribution in [2.24, 2.45) is 7.05 Å². The van der Waals surface area contributed by atoms with Crippen molar-refractivity contribution in [1.82, 2.24) is 33.9 Å². The van der Waals surface area contributed by atoms with E-state index in [0.29, 0.717) is 73.4 Å². The van der Waals surface area contributed by atoms with Crippen molar-refractivity contribution in [2.75, 3.05) is 32.8 Å². The molecule has 0 atom stereocenters. The average molecular weight is 590 g/mol. The highest BCUT2D eigenvalue weighted by molar-refractivity contribution is 6.31. The van der Waals surface area contributed by atoms with E-state index in [-0.39, 0.29) is 11.8 Å². The number of rotatable bonds is 2. The zero-order valence-corrected chi connectivity index (χ0v) is 25.0. The van der Waals surface area contributed by atoms with Gasteiger partial charge in [-0.2, -0.15) is 0 Å². The van der Waals surface area contributed by atoms with Crippen molar-refractivity contribution >= 4 is 23.4 Å². The second kappa shape index (κ2) is 13.2. The quantitative estimate of drug-likeness (QED) is 0.333. The third kappa shape index (κ3) is 6.65. The van der Waals surface area contributed by atoms with Crippen LogP contribution in [0, 0.1) is 13.8 Å². The summed E-state index contributed by atoms with van der Waals surface area (Å²) in [5, 5.41) is 0.527. The van der Waals surface area contributed by atoms with Crippen LogP contribution in [0.3, 0.4) is 0 Å². The molecule has 11 heteroatoms. The molecule has 1 aliphatic rings. The van der Waals surface area contributed by atoms with Gasteiger partial charge in [0.2, 0.25) is 0 Å². The molecule has 3 aromatic heterocycles. The normalized spacial score (nSPS) is 15.0. The van der Waals surface area contributed by atoms with E-state index in [4.69, 9.17) is 16.3 Å². The van der Waals surface area contributed by atoms with Crippen LogP contribution in [-0.2, 0) is 13.6 Å². The van der Waals surface area contributed by atoms with Gasteiger partial charge in [-0.3, -0.25) is 9.59 Å². The predicted octanol–water partition coefficient (Wildman–Crippen LogP) is 4.80. The zero-order chi connectivity index (χ0) is 29.6. The molecule has 5 rings (SSSR count). The monoisotopic (exact) mass is 589 g/mol. The largest absolute Gasteiger partial charge is 0.494 e. The Morgan fingerprint density at radius 3 is 2.31 bits per heavy atom. The maximum atomic E-state index is 13.8. The first-order chi connectivity index (χ1) is 20.3. The highest BCUT2D eigenvalue weighted by atomic mass is 35.5. The second-order valence-corrected chi connectivity index (χ2v) is 11.0.